The van der Waals surface area contributed by atoms with E-state index >= 15 is 0 Å². The van der Waals surface area contributed by atoms with Gasteiger partial charge in [-0.2, -0.15) is 0 Å². The zero-order chi connectivity index (χ0) is 16.8. The monoisotopic (exact) mass is 351 g/mol. The van der Waals surface area contributed by atoms with Crippen LogP contribution in [-0.2, 0) is 6.42 Å². The summed E-state index contributed by atoms with van der Waals surface area (Å²) >= 11 is 0. The summed E-state index contributed by atoms with van der Waals surface area (Å²) in [5, 5.41) is 0. The van der Waals surface area contributed by atoms with E-state index in [1.807, 2.05) is 24.3 Å². The second-order valence-electron chi connectivity index (χ2n) is 5.65. The highest BCUT2D eigenvalue weighted by Gasteiger charge is 2.16. The van der Waals surface area contributed by atoms with Gasteiger partial charge in [0.05, 0.1) is 21.3 Å². The minimum absolute atomic E-state index is 0. The van der Waals surface area contributed by atoms with E-state index in [0.29, 0.717) is 0 Å². The van der Waals surface area contributed by atoms with Crippen LogP contribution in [0.25, 0.3) is 0 Å². The van der Waals surface area contributed by atoms with E-state index in [1.165, 1.54) is 11.1 Å². The number of methoxy groups -OCH3 is 3. The molecule has 0 saturated carbocycles. The van der Waals surface area contributed by atoms with Gasteiger partial charge in [0, 0.05) is 6.04 Å². The van der Waals surface area contributed by atoms with Crippen LogP contribution in [0.1, 0.15) is 17.2 Å². The molecule has 0 aromatic heterocycles. The van der Waals surface area contributed by atoms with Crippen molar-refractivity contribution in [1.82, 2.24) is 4.90 Å². The average Bonchev–Trinajstić information content (AvgIpc) is 2.59. The first-order valence-corrected chi connectivity index (χ1v) is 7.60. The van der Waals surface area contributed by atoms with Crippen LogP contribution in [0, 0.1) is 0 Å². The Morgan fingerprint density at radius 3 is 1.96 bits per heavy atom. The first kappa shape index (κ1) is 20.1. The molecule has 0 bridgehead atoms. The summed E-state index contributed by atoms with van der Waals surface area (Å²) in [4.78, 5) is 2.22. The van der Waals surface area contributed by atoms with Crippen molar-refractivity contribution in [1.29, 1.82) is 0 Å². The van der Waals surface area contributed by atoms with Crippen molar-refractivity contribution in [2.75, 3.05) is 35.4 Å². The third-order valence-electron chi connectivity index (χ3n) is 4.00. The van der Waals surface area contributed by atoms with Gasteiger partial charge >= 0.3 is 0 Å². The van der Waals surface area contributed by atoms with Crippen LogP contribution in [-0.4, -0.2) is 40.3 Å². The zero-order valence-electron chi connectivity index (χ0n) is 14.9. The van der Waals surface area contributed by atoms with Crippen LogP contribution < -0.4 is 14.2 Å². The number of hydrogen-bond acceptors (Lipinski definition) is 4. The molecule has 5 heteroatoms. The number of rotatable bonds is 7. The van der Waals surface area contributed by atoms with Crippen molar-refractivity contribution >= 4 is 12.4 Å². The highest BCUT2D eigenvalue weighted by atomic mass is 35.5. The van der Waals surface area contributed by atoms with Gasteiger partial charge in [-0.3, -0.25) is 0 Å². The first-order chi connectivity index (χ1) is 11.1. The molecule has 0 heterocycles. The van der Waals surface area contributed by atoms with Gasteiger partial charge in [-0.05, 0) is 55.9 Å². The van der Waals surface area contributed by atoms with E-state index < -0.39 is 0 Å². The molecule has 4 nitrogen and oxygen atoms in total. The van der Waals surface area contributed by atoms with Crippen molar-refractivity contribution in [3.63, 3.8) is 0 Å². The molecule has 2 aromatic rings. The molecule has 2 rings (SSSR count). The van der Waals surface area contributed by atoms with Gasteiger partial charge in [-0.25, -0.2) is 0 Å². The van der Waals surface area contributed by atoms with E-state index in [4.69, 9.17) is 14.2 Å². The Bertz CT molecular complexity index is 629. The maximum Gasteiger partial charge on any atom is 0.160 e. The molecule has 1 unspecified atom stereocenters. The van der Waals surface area contributed by atoms with Crippen LogP contribution in [0.2, 0.25) is 0 Å². The number of ether oxygens (including phenoxy) is 3. The zero-order valence-corrected chi connectivity index (χ0v) is 15.7. The quantitative estimate of drug-likeness (QED) is 0.755. The number of likely N-dealkylation sites (N-methyl/N-ethyl adjacent to an activating group) is 1. The molecule has 0 N–H and O–H groups in total. The molecule has 0 amide bonds. The van der Waals surface area contributed by atoms with E-state index in [-0.39, 0.29) is 18.4 Å². The van der Waals surface area contributed by atoms with Crippen molar-refractivity contribution in [3.8, 4) is 17.2 Å². The molecule has 0 saturated heterocycles. The Kier molecular flexibility index (Phi) is 7.89. The van der Waals surface area contributed by atoms with Gasteiger partial charge in [0.1, 0.15) is 5.75 Å². The van der Waals surface area contributed by atoms with Crippen LogP contribution in [0.5, 0.6) is 17.2 Å². The molecule has 24 heavy (non-hydrogen) atoms. The summed E-state index contributed by atoms with van der Waals surface area (Å²) in [6.45, 7) is 0. The molecule has 0 aliphatic rings. The highest BCUT2D eigenvalue weighted by Crippen LogP contribution is 2.31. The lowest BCUT2D eigenvalue weighted by Gasteiger charge is -2.25. The SMILES string of the molecule is COc1ccc(C(Cc2ccc(OC)c(OC)c2)N(C)C)cc1.Cl. The van der Waals surface area contributed by atoms with E-state index in [0.717, 1.165) is 23.7 Å². The second-order valence-corrected chi connectivity index (χ2v) is 5.65. The smallest absolute Gasteiger partial charge is 0.160 e. The van der Waals surface area contributed by atoms with Crippen LogP contribution in [0.4, 0.5) is 0 Å². The Labute approximate surface area is 150 Å². The number of benzene rings is 2. The normalized spacial score (nSPS) is 11.6. The summed E-state index contributed by atoms with van der Waals surface area (Å²) in [6.07, 6.45) is 0.889. The Morgan fingerprint density at radius 1 is 0.833 bits per heavy atom. The minimum atomic E-state index is 0. The van der Waals surface area contributed by atoms with Gasteiger partial charge in [0.15, 0.2) is 11.5 Å². The lowest BCUT2D eigenvalue weighted by molar-refractivity contribution is 0.296. The summed E-state index contributed by atoms with van der Waals surface area (Å²) in [5.41, 5.74) is 2.46. The van der Waals surface area contributed by atoms with Gasteiger partial charge < -0.3 is 19.1 Å². The van der Waals surface area contributed by atoms with E-state index in [1.54, 1.807) is 21.3 Å². The Balaban J connectivity index is 0.00000288. The van der Waals surface area contributed by atoms with Gasteiger partial charge in [0.25, 0.3) is 0 Å². The second kappa shape index (κ2) is 9.40. The Hall–Kier alpha value is -1.91. The van der Waals surface area contributed by atoms with Gasteiger partial charge in [-0.15, -0.1) is 12.4 Å². The molecule has 1 atom stereocenters. The van der Waals surface area contributed by atoms with E-state index in [2.05, 4.69) is 37.2 Å². The van der Waals surface area contributed by atoms with Crippen LogP contribution in [0.15, 0.2) is 42.5 Å². The van der Waals surface area contributed by atoms with Crippen LogP contribution in [0.3, 0.4) is 0 Å². The molecule has 0 fully saturated rings. The van der Waals surface area contributed by atoms with Crippen molar-refractivity contribution in [3.05, 3.63) is 53.6 Å². The molecular weight excluding hydrogens is 326 g/mol. The molecular formula is C19H26ClNO3. The summed E-state index contributed by atoms with van der Waals surface area (Å²) in [5.74, 6) is 2.39. The number of nitrogens with zero attached hydrogens (tertiary/aromatic N) is 1. The lowest BCUT2D eigenvalue weighted by Crippen LogP contribution is -2.22. The summed E-state index contributed by atoms with van der Waals surface area (Å²) < 4.78 is 15.9. The largest absolute Gasteiger partial charge is 0.497 e. The molecule has 132 valence electrons. The lowest BCUT2D eigenvalue weighted by atomic mass is 9.97. The third kappa shape index (κ3) is 4.79. The fraction of sp³-hybridized carbons (Fsp3) is 0.368. The van der Waals surface area contributed by atoms with Crippen molar-refractivity contribution < 1.29 is 14.2 Å². The summed E-state index contributed by atoms with van der Waals surface area (Å²) in [7, 11) is 9.18. The number of hydrogen-bond donors (Lipinski definition) is 0. The maximum atomic E-state index is 5.40. The average molecular weight is 352 g/mol. The summed E-state index contributed by atoms with van der Waals surface area (Å²) in [6, 6.07) is 14.6. The fourth-order valence-corrected chi connectivity index (χ4v) is 2.66. The minimum Gasteiger partial charge on any atom is -0.497 e. The molecule has 2 aromatic carbocycles. The fourth-order valence-electron chi connectivity index (χ4n) is 2.66. The molecule has 0 radical (unpaired) electrons. The van der Waals surface area contributed by atoms with Gasteiger partial charge in [-0.1, -0.05) is 18.2 Å². The van der Waals surface area contributed by atoms with E-state index in [9.17, 15) is 0 Å². The predicted molar refractivity (Wildman–Crippen MR) is 99.9 cm³/mol. The van der Waals surface area contributed by atoms with Gasteiger partial charge in [0.2, 0.25) is 0 Å². The predicted octanol–water partition coefficient (Wildman–Crippen LogP) is 3.98. The van der Waals surface area contributed by atoms with Crippen LogP contribution >= 0.6 is 12.4 Å². The number of halogens is 1. The van der Waals surface area contributed by atoms with Crippen molar-refractivity contribution in [2.24, 2.45) is 0 Å². The molecule has 0 aliphatic carbocycles. The standard InChI is InChI=1S/C19H25NO3.ClH/c1-20(2)17(15-7-9-16(21-3)10-8-15)12-14-6-11-18(22-4)19(13-14)23-5;/h6-11,13,17H,12H2,1-5H3;1H. The molecule has 0 spiro atoms. The maximum absolute atomic E-state index is 5.40. The third-order valence-corrected chi connectivity index (χ3v) is 4.00. The van der Waals surface area contributed by atoms with Crippen molar-refractivity contribution in [2.45, 2.75) is 12.5 Å². The molecule has 0 aliphatic heterocycles. The Morgan fingerprint density at radius 2 is 1.46 bits per heavy atom. The topological polar surface area (TPSA) is 30.9 Å². The first-order valence-electron chi connectivity index (χ1n) is 7.60. The highest BCUT2D eigenvalue weighted by molar-refractivity contribution is 5.85.